The van der Waals surface area contributed by atoms with Crippen LogP contribution in [0.3, 0.4) is 0 Å². The standard InChI is InChI=1S/C30H21N5/c1-17-27(33-25-15-5-3-13-23(25)31-17)21-11-7-9-19-20-10-8-12-22(30(20)35-29(19)21)28-18(2)32-24-14-4-6-16-26(24)34-28/h3-16,35H,1-2H3. The van der Waals surface area contributed by atoms with Crippen molar-refractivity contribution in [2.75, 3.05) is 0 Å². The van der Waals surface area contributed by atoms with E-state index < -0.39 is 0 Å². The molecule has 0 aliphatic heterocycles. The summed E-state index contributed by atoms with van der Waals surface area (Å²) in [6, 6.07) is 28.7. The van der Waals surface area contributed by atoms with Crippen LogP contribution in [0.15, 0.2) is 84.9 Å². The lowest BCUT2D eigenvalue weighted by Crippen LogP contribution is -1.95. The van der Waals surface area contributed by atoms with Crippen LogP contribution < -0.4 is 0 Å². The minimum atomic E-state index is 0.893. The number of H-pyrrole nitrogens is 1. The fourth-order valence-corrected chi connectivity index (χ4v) is 5.03. The summed E-state index contributed by atoms with van der Waals surface area (Å²) in [6.45, 7) is 4.05. The Bertz CT molecular complexity index is 1790. The van der Waals surface area contributed by atoms with Crippen molar-refractivity contribution in [3.63, 3.8) is 0 Å². The van der Waals surface area contributed by atoms with E-state index in [4.69, 9.17) is 19.9 Å². The van der Waals surface area contributed by atoms with Gasteiger partial charge in [0.25, 0.3) is 0 Å². The molecule has 0 fully saturated rings. The van der Waals surface area contributed by atoms with Crippen LogP contribution in [-0.4, -0.2) is 24.9 Å². The second kappa shape index (κ2) is 7.43. The Morgan fingerprint density at radius 1 is 0.457 bits per heavy atom. The van der Waals surface area contributed by atoms with E-state index in [1.54, 1.807) is 0 Å². The first kappa shape index (κ1) is 19.8. The van der Waals surface area contributed by atoms with Gasteiger partial charge in [0.2, 0.25) is 0 Å². The maximum atomic E-state index is 4.99. The number of fused-ring (bicyclic) bond motifs is 5. The molecule has 0 unspecified atom stereocenters. The molecule has 1 N–H and O–H groups in total. The Balaban J connectivity index is 1.51. The van der Waals surface area contributed by atoms with Crippen LogP contribution in [0.4, 0.5) is 0 Å². The van der Waals surface area contributed by atoms with Gasteiger partial charge in [0.05, 0.1) is 55.9 Å². The quantitative estimate of drug-likeness (QED) is 0.303. The molecule has 0 saturated heterocycles. The third-order valence-electron chi connectivity index (χ3n) is 6.67. The summed E-state index contributed by atoms with van der Waals surface area (Å²) in [5, 5.41) is 2.31. The van der Waals surface area contributed by atoms with Gasteiger partial charge in [-0.1, -0.05) is 60.7 Å². The number of nitrogens with one attached hydrogen (secondary N) is 1. The minimum absolute atomic E-state index is 0.893. The van der Waals surface area contributed by atoms with E-state index in [-0.39, 0.29) is 0 Å². The van der Waals surface area contributed by atoms with Gasteiger partial charge >= 0.3 is 0 Å². The van der Waals surface area contributed by atoms with Crippen molar-refractivity contribution in [2.24, 2.45) is 0 Å². The molecule has 166 valence electrons. The summed E-state index contributed by atoms with van der Waals surface area (Å²) in [6.07, 6.45) is 0. The molecule has 0 radical (unpaired) electrons. The van der Waals surface area contributed by atoms with Crippen LogP contribution in [0.25, 0.3) is 66.4 Å². The van der Waals surface area contributed by atoms with Gasteiger partial charge in [-0.25, -0.2) is 19.9 Å². The van der Waals surface area contributed by atoms with Crippen LogP contribution in [0, 0.1) is 13.8 Å². The van der Waals surface area contributed by atoms with Crippen molar-refractivity contribution in [2.45, 2.75) is 13.8 Å². The van der Waals surface area contributed by atoms with E-state index in [0.29, 0.717) is 0 Å². The monoisotopic (exact) mass is 451 g/mol. The summed E-state index contributed by atoms with van der Waals surface area (Å²) in [7, 11) is 0. The average Bonchev–Trinajstić information content (AvgIpc) is 3.27. The highest BCUT2D eigenvalue weighted by Gasteiger charge is 2.17. The molecule has 0 bridgehead atoms. The van der Waals surface area contributed by atoms with Crippen molar-refractivity contribution < 1.29 is 0 Å². The Labute approximate surface area is 201 Å². The van der Waals surface area contributed by atoms with Gasteiger partial charge in [-0.05, 0) is 38.1 Å². The predicted octanol–water partition coefficient (Wildman–Crippen LogP) is 7.16. The first-order valence-electron chi connectivity index (χ1n) is 11.7. The molecule has 3 aromatic heterocycles. The van der Waals surface area contributed by atoms with Gasteiger partial charge in [-0.3, -0.25) is 0 Å². The Morgan fingerprint density at radius 3 is 1.29 bits per heavy atom. The molecule has 0 aliphatic rings. The van der Waals surface area contributed by atoms with Crippen molar-refractivity contribution >= 4 is 43.9 Å². The molecule has 0 aliphatic carbocycles. The number of benzene rings is 4. The van der Waals surface area contributed by atoms with Gasteiger partial charge in [-0.2, -0.15) is 0 Å². The number of para-hydroxylation sites is 6. The molecule has 4 aromatic carbocycles. The van der Waals surface area contributed by atoms with E-state index in [9.17, 15) is 0 Å². The highest BCUT2D eigenvalue weighted by atomic mass is 14.8. The molecular weight excluding hydrogens is 430 g/mol. The molecule has 7 aromatic rings. The van der Waals surface area contributed by atoms with Crippen LogP contribution in [0.2, 0.25) is 0 Å². The Hall–Kier alpha value is -4.64. The van der Waals surface area contributed by atoms with Crippen molar-refractivity contribution in [1.29, 1.82) is 0 Å². The average molecular weight is 452 g/mol. The van der Waals surface area contributed by atoms with Crippen molar-refractivity contribution in [3.8, 4) is 22.5 Å². The van der Waals surface area contributed by atoms with Crippen LogP contribution in [0.5, 0.6) is 0 Å². The van der Waals surface area contributed by atoms with Gasteiger partial charge < -0.3 is 4.98 Å². The fraction of sp³-hybridized carbons (Fsp3) is 0.0667. The van der Waals surface area contributed by atoms with Gasteiger partial charge in [0.15, 0.2) is 0 Å². The highest BCUT2D eigenvalue weighted by molar-refractivity contribution is 6.15. The van der Waals surface area contributed by atoms with Crippen LogP contribution in [-0.2, 0) is 0 Å². The summed E-state index contributed by atoms with van der Waals surface area (Å²) in [5.41, 5.74) is 11.4. The molecule has 0 atom stereocenters. The third kappa shape index (κ3) is 3.02. The van der Waals surface area contributed by atoms with E-state index in [1.165, 1.54) is 0 Å². The number of aromatic nitrogens is 5. The Kier molecular flexibility index (Phi) is 4.20. The summed E-state index contributed by atoms with van der Waals surface area (Å²) >= 11 is 0. The van der Waals surface area contributed by atoms with Crippen molar-refractivity contribution in [1.82, 2.24) is 24.9 Å². The zero-order chi connectivity index (χ0) is 23.5. The normalized spacial score (nSPS) is 11.7. The number of hydrogen-bond acceptors (Lipinski definition) is 4. The molecular formula is C30H21N5. The first-order chi connectivity index (χ1) is 17.2. The SMILES string of the molecule is Cc1nc2ccccc2nc1-c1cccc2c1[nH]c1c(-c3nc4ccccc4nc3C)cccc12. The molecule has 35 heavy (non-hydrogen) atoms. The predicted molar refractivity (Wildman–Crippen MR) is 142 cm³/mol. The fourth-order valence-electron chi connectivity index (χ4n) is 5.03. The molecule has 0 spiro atoms. The number of nitrogens with zero attached hydrogens (tertiary/aromatic N) is 4. The number of aromatic amines is 1. The molecule has 3 heterocycles. The van der Waals surface area contributed by atoms with E-state index >= 15 is 0 Å². The van der Waals surface area contributed by atoms with E-state index in [2.05, 4.69) is 41.4 Å². The van der Waals surface area contributed by atoms with Crippen LogP contribution >= 0.6 is 0 Å². The topological polar surface area (TPSA) is 67.3 Å². The van der Waals surface area contributed by atoms with Crippen molar-refractivity contribution in [3.05, 3.63) is 96.3 Å². The van der Waals surface area contributed by atoms with Gasteiger partial charge in [-0.15, -0.1) is 0 Å². The molecule has 0 amide bonds. The first-order valence-corrected chi connectivity index (χ1v) is 11.7. The van der Waals surface area contributed by atoms with Gasteiger partial charge in [0, 0.05) is 21.9 Å². The van der Waals surface area contributed by atoms with Crippen LogP contribution in [0.1, 0.15) is 11.4 Å². The summed E-state index contributed by atoms with van der Waals surface area (Å²) in [4.78, 5) is 23.4. The number of hydrogen-bond donors (Lipinski definition) is 1. The maximum absolute atomic E-state index is 4.99. The maximum Gasteiger partial charge on any atom is 0.0943 e. The second-order valence-corrected chi connectivity index (χ2v) is 8.87. The highest BCUT2D eigenvalue weighted by Crippen LogP contribution is 2.38. The zero-order valence-corrected chi connectivity index (χ0v) is 19.4. The lowest BCUT2D eigenvalue weighted by atomic mass is 10.0. The van der Waals surface area contributed by atoms with Gasteiger partial charge in [0.1, 0.15) is 0 Å². The smallest absolute Gasteiger partial charge is 0.0943 e. The molecule has 0 saturated carbocycles. The lowest BCUT2D eigenvalue weighted by molar-refractivity contribution is 1.19. The zero-order valence-electron chi connectivity index (χ0n) is 19.4. The number of rotatable bonds is 2. The lowest BCUT2D eigenvalue weighted by Gasteiger charge is -2.08. The van der Waals surface area contributed by atoms with E-state index in [1.807, 2.05) is 62.4 Å². The third-order valence-corrected chi connectivity index (χ3v) is 6.67. The summed E-state index contributed by atoms with van der Waals surface area (Å²) in [5.74, 6) is 0. The second-order valence-electron chi connectivity index (χ2n) is 8.87. The Morgan fingerprint density at radius 2 is 0.857 bits per heavy atom. The molecule has 7 rings (SSSR count). The molecule has 5 nitrogen and oxygen atoms in total. The minimum Gasteiger partial charge on any atom is -0.353 e. The number of aryl methyl sites for hydroxylation is 2. The van der Waals surface area contributed by atoms with E-state index in [0.717, 1.165) is 77.8 Å². The largest absolute Gasteiger partial charge is 0.353 e. The molecule has 5 heteroatoms. The summed E-state index contributed by atoms with van der Waals surface area (Å²) < 4.78 is 0.